The maximum atomic E-state index is 6.07. The Morgan fingerprint density at radius 2 is 1.96 bits per heavy atom. The number of rotatable bonds is 4. The minimum atomic E-state index is 0.509. The molecule has 1 aromatic carbocycles. The number of aryl methyl sites for hydroxylation is 2. The van der Waals surface area contributed by atoms with Gasteiger partial charge < -0.3 is 10.6 Å². The van der Waals surface area contributed by atoms with Crippen LogP contribution in [-0.4, -0.2) is 24.7 Å². The number of nitrogens with zero attached hydrogens (tertiary/aromatic N) is 4. The van der Waals surface area contributed by atoms with Gasteiger partial charge in [-0.3, -0.25) is 9.36 Å². The van der Waals surface area contributed by atoms with Crippen molar-refractivity contribution in [3.8, 4) is 0 Å². The van der Waals surface area contributed by atoms with E-state index in [1.54, 1.807) is 10.9 Å². The molecule has 3 aromatic rings. The first kappa shape index (κ1) is 18.4. The van der Waals surface area contributed by atoms with Crippen molar-refractivity contribution < 1.29 is 0 Å². The van der Waals surface area contributed by atoms with E-state index < -0.39 is 0 Å². The molecule has 0 aliphatic rings. The van der Waals surface area contributed by atoms with Crippen LogP contribution in [0.4, 0.5) is 11.4 Å². The van der Waals surface area contributed by atoms with Crippen LogP contribution in [0.2, 0.25) is 5.02 Å². The van der Waals surface area contributed by atoms with Crippen molar-refractivity contribution in [3.63, 3.8) is 0 Å². The summed E-state index contributed by atoms with van der Waals surface area (Å²) in [5.74, 6) is 0. The lowest BCUT2D eigenvalue weighted by atomic mass is 10.2. The van der Waals surface area contributed by atoms with Crippen molar-refractivity contribution in [1.82, 2.24) is 19.6 Å². The van der Waals surface area contributed by atoms with E-state index in [4.69, 9.17) is 23.8 Å². The first-order valence-corrected chi connectivity index (χ1v) is 8.99. The number of hydrogen-bond acceptors (Lipinski definition) is 3. The Labute approximate surface area is 163 Å². The lowest BCUT2D eigenvalue weighted by Crippen LogP contribution is -2.20. The van der Waals surface area contributed by atoms with Gasteiger partial charge in [0.15, 0.2) is 5.11 Å². The first-order chi connectivity index (χ1) is 12.3. The number of thiocarbonyl (C=S) groups is 1. The highest BCUT2D eigenvalue weighted by Gasteiger charge is 2.14. The third kappa shape index (κ3) is 3.89. The summed E-state index contributed by atoms with van der Waals surface area (Å²) < 4.78 is 3.74. The molecule has 2 N–H and O–H groups in total. The van der Waals surface area contributed by atoms with Gasteiger partial charge in [-0.05, 0) is 50.7 Å². The maximum absolute atomic E-state index is 6.07. The Morgan fingerprint density at radius 3 is 2.62 bits per heavy atom. The van der Waals surface area contributed by atoms with Crippen LogP contribution < -0.4 is 10.6 Å². The van der Waals surface area contributed by atoms with Crippen molar-refractivity contribution in [3.05, 3.63) is 58.1 Å². The summed E-state index contributed by atoms with van der Waals surface area (Å²) in [5.41, 5.74) is 5.80. The van der Waals surface area contributed by atoms with E-state index in [0.29, 0.717) is 11.7 Å². The summed E-state index contributed by atoms with van der Waals surface area (Å²) in [6, 6.07) is 7.79. The lowest BCUT2D eigenvalue weighted by Gasteiger charge is -2.11. The topological polar surface area (TPSA) is 59.7 Å². The molecule has 0 saturated carbocycles. The molecule has 0 amide bonds. The molecule has 0 aliphatic heterocycles. The highest BCUT2D eigenvalue weighted by Crippen LogP contribution is 2.22. The van der Waals surface area contributed by atoms with E-state index in [9.17, 15) is 0 Å². The summed E-state index contributed by atoms with van der Waals surface area (Å²) in [6.07, 6.45) is 1.76. The van der Waals surface area contributed by atoms with Gasteiger partial charge in [0.2, 0.25) is 0 Å². The molecule has 0 bridgehead atoms. The van der Waals surface area contributed by atoms with Crippen molar-refractivity contribution in [1.29, 1.82) is 0 Å². The monoisotopic (exact) mass is 388 g/mol. The molecule has 3 rings (SSSR count). The van der Waals surface area contributed by atoms with Gasteiger partial charge in [-0.25, -0.2) is 0 Å². The molecule has 0 saturated heterocycles. The minimum absolute atomic E-state index is 0.509. The molecular formula is C18H21ClN6S. The predicted octanol–water partition coefficient (Wildman–Crippen LogP) is 4.05. The van der Waals surface area contributed by atoms with Gasteiger partial charge in [-0.2, -0.15) is 10.2 Å². The van der Waals surface area contributed by atoms with Crippen LogP contribution in [-0.2, 0) is 13.6 Å². The standard InChI is InChI=1S/C18H21ClN6S/c1-11-17(22-18(26)21-16-9-20-24(4)12(16)2)13(3)25(23-11)10-14-6-5-7-15(19)8-14/h5-9H,10H2,1-4H3,(H2,21,22,26). The summed E-state index contributed by atoms with van der Waals surface area (Å²) in [5, 5.41) is 16.5. The van der Waals surface area contributed by atoms with Gasteiger partial charge in [0.1, 0.15) is 0 Å². The Morgan fingerprint density at radius 1 is 1.19 bits per heavy atom. The zero-order valence-electron chi connectivity index (χ0n) is 15.2. The Kier molecular flexibility index (Phi) is 5.29. The molecule has 8 heteroatoms. The summed E-state index contributed by atoms with van der Waals surface area (Å²) in [4.78, 5) is 0. The average molecular weight is 389 g/mol. The number of hydrogen-bond donors (Lipinski definition) is 2. The second-order valence-corrected chi connectivity index (χ2v) is 7.02. The second-order valence-electron chi connectivity index (χ2n) is 6.18. The van der Waals surface area contributed by atoms with Gasteiger partial charge in [0, 0.05) is 12.1 Å². The molecule has 0 atom stereocenters. The molecule has 0 radical (unpaired) electrons. The third-order valence-electron chi connectivity index (χ3n) is 4.32. The highest BCUT2D eigenvalue weighted by molar-refractivity contribution is 7.80. The Bertz CT molecular complexity index is 959. The second kappa shape index (κ2) is 7.47. The van der Waals surface area contributed by atoms with Crippen molar-refractivity contribution in [2.75, 3.05) is 10.6 Å². The number of aromatic nitrogens is 4. The summed E-state index contributed by atoms with van der Waals surface area (Å²) in [6.45, 7) is 6.61. The quantitative estimate of drug-likeness (QED) is 0.660. The van der Waals surface area contributed by atoms with Crippen LogP contribution in [0.1, 0.15) is 22.6 Å². The normalized spacial score (nSPS) is 10.8. The van der Waals surface area contributed by atoms with Gasteiger partial charge in [0.05, 0.1) is 41.2 Å². The van der Waals surface area contributed by atoms with Gasteiger partial charge >= 0.3 is 0 Å². The fraction of sp³-hybridized carbons (Fsp3) is 0.278. The molecule has 2 aromatic heterocycles. The molecule has 2 heterocycles. The summed E-state index contributed by atoms with van der Waals surface area (Å²) >= 11 is 11.5. The number of nitrogens with one attached hydrogen (secondary N) is 2. The predicted molar refractivity (Wildman–Crippen MR) is 110 cm³/mol. The van der Waals surface area contributed by atoms with Crippen LogP contribution in [0, 0.1) is 20.8 Å². The molecule has 136 valence electrons. The van der Waals surface area contributed by atoms with Crippen LogP contribution in [0.3, 0.4) is 0 Å². The molecule has 0 fully saturated rings. The van der Waals surface area contributed by atoms with Crippen LogP contribution in [0.15, 0.2) is 30.5 Å². The Hall–Kier alpha value is -2.38. The van der Waals surface area contributed by atoms with Gasteiger partial charge in [-0.15, -0.1) is 0 Å². The average Bonchev–Trinajstić information content (AvgIpc) is 3.03. The molecule has 0 spiro atoms. The lowest BCUT2D eigenvalue weighted by molar-refractivity contribution is 0.659. The van der Waals surface area contributed by atoms with Crippen molar-refractivity contribution in [2.24, 2.45) is 7.05 Å². The highest BCUT2D eigenvalue weighted by atomic mass is 35.5. The minimum Gasteiger partial charge on any atom is -0.330 e. The zero-order chi connectivity index (χ0) is 18.8. The molecule has 26 heavy (non-hydrogen) atoms. The first-order valence-electron chi connectivity index (χ1n) is 8.20. The smallest absolute Gasteiger partial charge is 0.175 e. The van der Waals surface area contributed by atoms with E-state index in [1.165, 1.54) is 0 Å². The maximum Gasteiger partial charge on any atom is 0.175 e. The SMILES string of the molecule is Cc1nn(Cc2cccc(Cl)c2)c(C)c1NC(=S)Nc1cnn(C)c1C. The number of anilines is 2. The van der Waals surface area contributed by atoms with Crippen molar-refractivity contribution >= 4 is 40.3 Å². The fourth-order valence-electron chi connectivity index (χ4n) is 2.73. The van der Waals surface area contributed by atoms with E-state index >= 15 is 0 Å². The Balaban J connectivity index is 1.75. The van der Waals surface area contributed by atoms with Gasteiger partial charge in [-0.1, -0.05) is 23.7 Å². The van der Waals surface area contributed by atoms with E-state index in [2.05, 4.69) is 20.8 Å². The van der Waals surface area contributed by atoms with Crippen LogP contribution in [0.25, 0.3) is 0 Å². The molecular weight excluding hydrogens is 368 g/mol. The zero-order valence-corrected chi connectivity index (χ0v) is 16.7. The number of halogens is 1. The van der Waals surface area contributed by atoms with Crippen LogP contribution >= 0.6 is 23.8 Å². The van der Waals surface area contributed by atoms with Gasteiger partial charge in [0.25, 0.3) is 0 Å². The fourth-order valence-corrected chi connectivity index (χ4v) is 3.15. The largest absolute Gasteiger partial charge is 0.330 e. The molecule has 0 unspecified atom stereocenters. The summed E-state index contributed by atoms with van der Waals surface area (Å²) in [7, 11) is 1.89. The molecule has 0 aliphatic carbocycles. The molecule has 6 nitrogen and oxygen atoms in total. The third-order valence-corrected chi connectivity index (χ3v) is 4.76. The number of benzene rings is 1. The van der Waals surface area contributed by atoms with Crippen molar-refractivity contribution in [2.45, 2.75) is 27.3 Å². The van der Waals surface area contributed by atoms with E-state index in [0.717, 1.165) is 39.0 Å². The van der Waals surface area contributed by atoms with E-state index in [1.807, 2.05) is 56.8 Å². The van der Waals surface area contributed by atoms with Crippen LogP contribution in [0.5, 0.6) is 0 Å². The van der Waals surface area contributed by atoms with E-state index in [-0.39, 0.29) is 0 Å².